The van der Waals surface area contributed by atoms with Crippen molar-refractivity contribution in [1.82, 2.24) is 4.98 Å². The van der Waals surface area contributed by atoms with E-state index in [9.17, 15) is 8.42 Å². The van der Waals surface area contributed by atoms with Crippen LogP contribution in [0.15, 0.2) is 71.8 Å². The number of hydrogen-bond donors (Lipinski definition) is 1. The van der Waals surface area contributed by atoms with Crippen molar-refractivity contribution in [3.05, 3.63) is 66.9 Å². The summed E-state index contributed by atoms with van der Waals surface area (Å²) in [5, 5.41) is 0. The highest BCUT2D eigenvalue weighted by molar-refractivity contribution is 7.92. The number of benzene rings is 2. The zero-order chi connectivity index (χ0) is 18.6. The van der Waals surface area contributed by atoms with Crippen molar-refractivity contribution in [2.24, 2.45) is 0 Å². The number of nitrogens with one attached hydrogen (secondary N) is 1. The smallest absolute Gasteiger partial charge is 0.261 e. The van der Waals surface area contributed by atoms with Gasteiger partial charge in [0.1, 0.15) is 11.5 Å². The van der Waals surface area contributed by atoms with E-state index in [0.29, 0.717) is 22.9 Å². The largest absolute Gasteiger partial charge is 0.497 e. The molecule has 0 aliphatic carbocycles. The van der Waals surface area contributed by atoms with Crippen LogP contribution in [0, 0.1) is 0 Å². The van der Waals surface area contributed by atoms with Gasteiger partial charge in [0.25, 0.3) is 10.0 Å². The number of anilines is 1. The zero-order valence-corrected chi connectivity index (χ0v) is 15.2. The average Bonchev–Trinajstić information content (AvgIpc) is 2.68. The van der Waals surface area contributed by atoms with Crippen molar-refractivity contribution in [2.75, 3.05) is 18.9 Å². The molecule has 1 N–H and O–H groups in total. The third-order valence-corrected chi connectivity index (χ3v) is 5.15. The SMILES string of the molecule is COc1ccc(S(=O)(=O)Nc2cccnc2-c2cccc(OC)c2)cc1. The van der Waals surface area contributed by atoms with Crippen molar-refractivity contribution in [2.45, 2.75) is 4.90 Å². The van der Waals surface area contributed by atoms with Crippen LogP contribution in [0.25, 0.3) is 11.3 Å². The first kappa shape index (κ1) is 17.8. The molecule has 0 bridgehead atoms. The van der Waals surface area contributed by atoms with Crippen LogP contribution >= 0.6 is 0 Å². The van der Waals surface area contributed by atoms with Gasteiger partial charge in [-0.2, -0.15) is 0 Å². The summed E-state index contributed by atoms with van der Waals surface area (Å²) in [5.41, 5.74) is 1.65. The maximum Gasteiger partial charge on any atom is 0.261 e. The molecule has 0 atom stereocenters. The standard InChI is InChI=1S/C19H18N2O4S/c1-24-15-8-10-17(11-9-15)26(22,23)21-18-7-4-12-20-19(18)14-5-3-6-16(13-14)25-2/h3-13,21H,1-2H3. The molecule has 0 saturated carbocycles. The van der Waals surface area contributed by atoms with Crippen LogP contribution in [0.5, 0.6) is 11.5 Å². The lowest BCUT2D eigenvalue weighted by atomic mass is 10.1. The van der Waals surface area contributed by atoms with Crippen LogP contribution in [-0.4, -0.2) is 27.6 Å². The fourth-order valence-electron chi connectivity index (χ4n) is 2.45. The molecule has 3 rings (SSSR count). The van der Waals surface area contributed by atoms with Gasteiger partial charge in [0.05, 0.1) is 30.5 Å². The lowest BCUT2D eigenvalue weighted by Crippen LogP contribution is -2.14. The number of sulfonamides is 1. The first-order chi connectivity index (χ1) is 12.5. The summed E-state index contributed by atoms with van der Waals surface area (Å²) in [6.07, 6.45) is 1.61. The summed E-state index contributed by atoms with van der Waals surface area (Å²) in [7, 11) is -0.661. The molecule has 0 aliphatic rings. The van der Waals surface area contributed by atoms with E-state index >= 15 is 0 Å². The Morgan fingerprint density at radius 3 is 2.31 bits per heavy atom. The maximum atomic E-state index is 12.7. The molecule has 7 heteroatoms. The second-order valence-corrected chi connectivity index (χ2v) is 7.09. The number of nitrogens with zero attached hydrogens (tertiary/aromatic N) is 1. The Morgan fingerprint density at radius 1 is 0.885 bits per heavy atom. The minimum atomic E-state index is -3.76. The van der Waals surface area contributed by atoms with Gasteiger partial charge in [0.2, 0.25) is 0 Å². The molecule has 1 heterocycles. The molecule has 0 saturated heterocycles. The lowest BCUT2D eigenvalue weighted by molar-refractivity contribution is 0.414. The molecule has 26 heavy (non-hydrogen) atoms. The minimum Gasteiger partial charge on any atom is -0.497 e. The number of aromatic nitrogens is 1. The summed E-state index contributed by atoms with van der Waals surface area (Å²) in [5.74, 6) is 1.25. The van der Waals surface area contributed by atoms with Crippen molar-refractivity contribution >= 4 is 15.7 Å². The third-order valence-electron chi connectivity index (χ3n) is 3.76. The van der Waals surface area contributed by atoms with E-state index in [4.69, 9.17) is 9.47 Å². The molecule has 0 radical (unpaired) electrons. The van der Waals surface area contributed by atoms with Gasteiger partial charge in [-0.05, 0) is 48.5 Å². The lowest BCUT2D eigenvalue weighted by Gasteiger charge is -2.13. The fraction of sp³-hybridized carbons (Fsp3) is 0.105. The summed E-state index contributed by atoms with van der Waals surface area (Å²) >= 11 is 0. The van der Waals surface area contributed by atoms with Gasteiger partial charge >= 0.3 is 0 Å². The van der Waals surface area contributed by atoms with Crippen LogP contribution < -0.4 is 14.2 Å². The molecule has 0 fully saturated rings. The Balaban J connectivity index is 1.97. The number of methoxy groups -OCH3 is 2. The maximum absolute atomic E-state index is 12.7. The van der Waals surface area contributed by atoms with Crippen molar-refractivity contribution in [3.63, 3.8) is 0 Å². The Labute approximate surface area is 152 Å². The van der Waals surface area contributed by atoms with E-state index in [0.717, 1.165) is 5.56 Å². The van der Waals surface area contributed by atoms with E-state index in [1.165, 1.54) is 19.2 Å². The molecule has 0 aliphatic heterocycles. The molecule has 6 nitrogen and oxygen atoms in total. The van der Waals surface area contributed by atoms with Gasteiger partial charge in [-0.3, -0.25) is 9.71 Å². The number of pyridine rings is 1. The van der Waals surface area contributed by atoms with Gasteiger partial charge in [0, 0.05) is 11.8 Å². The first-order valence-electron chi connectivity index (χ1n) is 7.80. The van der Waals surface area contributed by atoms with Gasteiger partial charge < -0.3 is 9.47 Å². The molecule has 1 aromatic heterocycles. The van der Waals surface area contributed by atoms with Crippen LogP contribution in [0.2, 0.25) is 0 Å². The van der Waals surface area contributed by atoms with Crippen LogP contribution in [0.4, 0.5) is 5.69 Å². The Bertz CT molecular complexity index is 1000. The predicted molar refractivity (Wildman–Crippen MR) is 100 cm³/mol. The van der Waals surface area contributed by atoms with E-state index in [-0.39, 0.29) is 4.90 Å². The van der Waals surface area contributed by atoms with Gasteiger partial charge in [-0.25, -0.2) is 8.42 Å². The van der Waals surface area contributed by atoms with E-state index < -0.39 is 10.0 Å². The molecule has 0 unspecified atom stereocenters. The van der Waals surface area contributed by atoms with Crippen LogP contribution in [0.1, 0.15) is 0 Å². The number of hydrogen-bond acceptors (Lipinski definition) is 5. The van der Waals surface area contributed by atoms with Crippen LogP contribution in [0.3, 0.4) is 0 Å². The highest BCUT2D eigenvalue weighted by Crippen LogP contribution is 2.30. The van der Waals surface area contributed by atoms with Crippen molar-refractivity contribution in [1.29, 1.82) is 0 Å². The predicted octanol–water partition coefficient (Wildman–Crippen LogP) is 3.57. The molecule has 2 aromatic carbocycles. The van der Waals surface area contributed by atoms with Gasteiger partial charge in [0.15, 0.2) is 0 Å². The quantitative estimate of drug-likeness (QED) is 0.718. The van der Waals surface area contributed by atoms with Gasteiger partial charge in [-0.15, -0.1) is 0 Å². The summed E-state index contributed by atoms with van der Waals surface area (Å²) in [4.78, 5) is 4.46. The average molecular weight is 370 g/mol. The highest BCUT2D eigenvalue weighted by Gasteiger charge is 2.17. The van der Waals surface area contributed by atoms with E-state index in [2.05, 4.69) is 9.71 Å². The first-order valence-corrected chi connectivity index (χ1v) is 9.28. The Kier molecular flexibility index (Phi) is 5.09. The summed E-state index contributed by atoms with van der Waals surface area (Å²) in [6.45, 7) is 0. The third kappa shape index (κ3) is 3.78. The normalized spacial score (nSPS) is 11.0. The molecule has 3 aromatic rings. The number of rotatable bonds is 6. The van der Waals surface area contributed by atoms with Crippen molar-refractivity contribution < 1.29 is 17.9 Å². The summed E-state index contributed by atoms with van der Waals surface area (Å²) in [6, 6.07) is 16.8. The molecular weight excluding hydrogens is 352 g/mol. The van der Waals surface area contributed by atoms with E-state index in [1.807, 2.05) is 18.2 Å². The fourth-order valence-corrected chi connectivity index (χ4v) is 3.51. The molecular formula is C19H18N2O4S. The second-order valence-electron chi connectivity index (χ2n) is 5.41. The minimum absolute atomic E-state index is 0.138. The van der Waals surface area contributed by atoms with E-state index in [1.54, 1.807) is 43.6 Å². The van der Waals surface area contributed by atoms with Crippen LogP contribution in [-0.2, 0) is 10.0 Å². The highest BCUT2D eigenvalue weighted by atomic mass is 32.2. The topological polar surface area (TPSA) is 77.5 Å². The summed E-state index contributed by atoms with van der Waals surface area (Å²) < 4.78 is 38.3. The second kappa shape index (κ2) is 7.45. The Hall–Kier alpha value is -3.06. The Morgan fingerprint density at radius 2 is 1.62 bits per heavy atom. The van der Waals surface area contributed by atoms with Crippen molar-refractivity contribution in [3.8, 4) is 22.8 Å². The number of ether oxygens (including phenoxy) is 2. The molecule has 0 amide bonds. The molecule has 134 valence electrons. The van der Waals surface area contributed by atoms with Gasteiger partial charge in [-0.1, -0.05) is 12.1 Å². The zero-order valence-electron chi connectivity index (χ0n) is 14.3. The molecule has 0 spiro atoms. The monoisotopic (exact) mass is 370 g/mol.